The molecule has 2 rings (SSSR count). The van der Waals surface area contributed by atoms with Crippen molar-refractivity contribution in [3.8, 4) is 0 Å². The second kappa shape index (κ2) is 8.15. The summed E-state index contributed by atoms with van der Waals surface area (Å²) in [6, 6.07) is 8.92. The number of piperidine rings is 1. The van der Waals surface area contributed by atoms with Crippen LogP contribution in [0.15, 0.2) is 24.3 Å². The van der Waals surface area contributed by atoms with Gasteiger partial charge in [0.25, 0.3) is 0 Å². The first-order valence-electron chi connectivity index (χ1n) is 7.32. The fourth-order valence-corrected chi connectivity index (χ4v) is 2.45. The van der Waals surface area contributed by atoms with Gasteiger partial charge >= 0.3 is 0 Å². The molecule has 1 heterocycles. The fourth-order valence-electron chi connectivity index (χ4n) is 2.45. The lowest BCUT2D eigenvalue weighted by Crippen LogP contribution is -2.29. The van der Waals surface area contributed by atoms with E-state index >= 15 is 0 Å². The zero-order valence-electron chi connectivity index (χ0n) is 12.4. The van der Waals surface area contributed by atoms with E-state index in [-0.39, 0.29) is 0 Å². The summed E-state index contributed by atoms with van der Waals surface area (Å²) in [5, 5.41) is 3.39. The molecule has 0 spiro atoms. The predicted octanol–water partition coefficient (Wildman–Crippen LogP) is 3.95. The smallest absolute Gasteiger partial charge is 0.0342 e. The van der Waals surface area contributed by atoms with Crippen molar-refractivity contribution in [2.75, 3.05) is 32.0 Å². The molecule has 0 saturated carbocycles. The van der Waals surface area contributed by atoms with Crippen molar-refractivity contribution in [3.63, 3.8) is 0 Å². The van der Waals surface area contributed by atoms with Crippen molar-refractivity contribution >= 4 is 5.69 Å². The maximum absolute atomic E-state index is 3.39. The maximum atomic E-state index is 3.39. The molecule has 0 radical (unpaired) electrons. The Bertz CT molecular complexity index is 328. The van der Waals surface area contributed by atoms with Crippen molar-refractivity contribution in [1.29, 1.82) is 0 Å². The summed E-state index contributed by atoms with van der Waals surface area (Å²) in [5.74, 6) is 0.759. The van der Waals surface area contributed by atoms with Crippen LogP contribution in [0.4, 0.5) is 5.69 Å². The van der Waals surface area contributed by atoms with Gasteiger partial charge in [-0.25, -0.2) is 0 Å². The van der Waals surface area contributed by atoms with E-state index in [1.54, 1.807) is 0 Å². The largest absolute Gasteiger partial charge is 0.385 e. The molecule has 102 valence electrons. The molecule has 18 heavy (non-hydrogen) atoms. The molecule has 1 N–H and O–H groups in total. The summed E-state index contributed by atoms with van der Waals surface area (Å²) in [6.07, 6.45) is 2.60. The zero-order chi connectivity index (χ0) is 13.4. The van der Waals surface area contributed by atoms with E-state index in [9.17, 15) is 0 Å². The van der Waals surface area contributed by atoms with Crippen LogP contribution in [-0.4, -0.2) is 31.6 Å². The Balaban J connectivity index is 0.000000771. The van der Waals surface area contributed by atoms with Crippen LogP contribution in [-0.2, 0) is 0 Å². The van der Waals surface area contributed by atoms with Crippen molar-refractivity contribution in [2.45, 2.75) is 39.5 Å². The Morgan fingerprint density at radius 2 is 1.89 bits per heavy atom. The first kappa shape index (κ1) is 15.0. The summed E-state index contributed by atoms with van der Waals surface area (Å²) in [7, 11) is 2.21. The van der Waals surface area contributed by atoms with Crippen molar-refractivity contribution in [3.05, 3.63) is 29.8 Å². The van der Waals surface area contributed by atoms with Crippen molar-refractivity contribution in [2.24, 2.45) is 0 Å². The van der Waals surface area contributed by atoms with Gasteiger partial charge in [-0.1, -0.05) is 26.0 Å². The summed E-state index contributed by atoms with van der Waals surface area (Å²) in [5.41, 5.74) is 2.77. The SMILES string of the molecule is CC.CCNc1cccc(C2CCN(C)CC2)c1. The number of hydrogen-bond acceptors (Lipinski definition) is 2. The van der Waals surface area contributed by atoms with Crippen LogP contribution >= 0.6 is 0 Å². The standard InChI is InChI=1S/C14H22N2.C2H6/c1-3-15-14-6-4-5-13(11-14)12-7-9-16(2)10-8-12;1-2/h4-6,11-12,15H,3,7-10H2,1-2H3;1-2H3. The molecule has 0 atom stereocenters. The Morgan fingerprint density at radius 1 is 1.22 bits per heavy atom. The van der Waals surface area contributed by atoms with Crippen LogP contribution in [0, 0.1) is 0 Å². The van der Waals surface area contributed by atoms with Gasteiger partial charge in [-0.15, -0.1) is 0 Å². The molecule has 1 aliphatic rings. The van der Waals surface area contributed by atoms with E-state index in [1.807, 2.05) is 13.8 Å². The van der Waals surface area contributed by atoms with E-state index in [2.05, 4.69) is 48.5 Å². The van der Waals surface area contributed by atoms with Gasteiger partial charge in [0.05, 0.1) is 0 Å². The highest BCUT2D eigenvalue weighted by atomic mass is 15.1. The Morgan fingerprint density at radius 3 is 2.50 bits per heavy atom. The normalized spacial score (nSPS) is 16.9. The van der Waals surface area contributed by atoms with Crippen molar-refractivity contribution < 1.29 is 0 Å². The van der Waals surface area contributed by atoms with Gasteiger partial charge in [0.2, 0.25) is 0 Å². The van der Waals surface area contributed by atoms with Gasteiger partial charge in [0.1, 0.15) is 0 Å². The molecule has 0 bridgehead atoms. The molecule has 0 aliphatic carbocycles. The van der Waals surface area contributed by atoms with E-state index < -0.39 is 0 Å². The minimum Gasteiger partial charge on any atom is -0.385 e. The van der Waals surface area contributed by atoms with Crippen LogP contribution in [0.5, 0.6) is 0 Å². The number of anilines is 1. The predicted molar refractivity (Wildman–Crippen MR) is 81.4 cm³/mol. The Hall–Kier alpha value is -1.02. The molecule has 2 nitrogen and oxygen atoms in total. The highest BCUT2D eigenvalue weighted by molar-refractivity contribution is 5.46. The van der Waals surface area contributed by atoms with Gasteiger partial charge < -0.3 is 10.2 Å². The number of likely N-dealkylation sites (tertiary alicyclic amines) is 1. The first-order chi connectivity index (χ1) is 8.79. The molecule has 1 aromatic rings. The number of benzene rings is 1. The van der Waals surface area contributed by atoms with Gasteiger partial charge in [0, 0.05) is 12.2 Å². The molecule has 0 unspecified atom stereocenters. The van der Waals surface area contributed by atoms with Crippen LogP contribution in [0.3, 0.4) is 0 Å². The second-order valence-corrected chi connectivity index (χ2v) is 4.73. The number of nitrogens with one attached hydrogen (secondary N) is 1. The molecular formula is C16H28N2. The molecule has 0 aromatic heterocycles. The van der Waals surface area contributed by atoms with Crippen LogP contribution in [0.1, 0.15) is 45.1 Å². The minimum absolute atomic E-state index is 0.759. The topological polar surface area (TPSA) is 15.3 Å². The zero-order valence-corrected chi connectivity index (χ0v) is 12.4. The first-order valence-corrected chi connectivity index (χ1v) is 7.32. The molecule has 1 fully saturated rings. The third-order valence-corrected chi connectivity index (χ3v) is 3.46. The average Bonchev–Trinajstić information content (AvgIpc) is 2.43. The summed E-state index contributed by atoms with van der Waals surface area (Å²) in [6.45, 7) is 9.60. The van der Waals surface area contributed by atoms with E-state index in [0.29, 0.717) is 0 Å². The molecule has 0 amide bonds. The summed E-state index contributed by atoms with van der Waals surface area (Å²) >= 11 is 0. The summed E-state index contributed by atoms with van der Waals surface area (Å²) < 4.78 is 0. The Kier molecular flexibility index (Phi) is 6.81. The van der Waals surface area contributed by atoms with Gasteiger partial charge in [-0.2, -0.15) is 0 Å². The number of nitrogens with zero attached hydrogens (tertiary/aromatic N) is 1. The quantitative estimate of drug-likeness (QED) is 0.871. The minimum atomic E-state index is 0.759. The lowest BCUT2D eigenvalue weighted by Gasteiger charge is -2.29. The second-order valence-electron chi connectivity index (χ2n) is 4.73. The number of hydrogen-bond donors (Lipinski definition) is 1. The highest BCUT2D eigenvalue weighted by Crippen LogP contribution is 2.28. The van der Waals surface area contributed by atoms with Crippen LogP contribution in [0.2, 0.25) is 0 Å². The molecule has 1 aliphatic heterocycles. The molecule has 1 saturated heterocycles. The molecule has 2 heteroatoms. The van der Waals surface area contributed by atoms with Crippen molar-refractivity contribution in [1.82, 2.24) is 4.90 Å². The fraction of sp³-hybridized carbons (Fsp3) is 0.625. The summed E-state index contributed by atoms with van der Waals surface area (Å²) in [4.78, 5) is 2.42. The van der Waals surface area contributed by atoms with Gasteiger partial charge in [-0.3, -0.25) is 0 Å². The Labute approximate surface area is 112 Å². The van der Waals surface area contributed by atoms with Crippen LogP contribution < -0.4 is 5.32 Å². The van der Waals surface area contributed by atoms with E-state index in [4.69, 9.17) is 0 Å². The third kappa shape index (κ3) is 4.34. The maximum Gasteiger partial charge on any atom is 0.0342 e. The lowest BCUT2D eigenvalue weighted by molar-refractivity contribution is 0.255. The highest BCUT2D eigenvalue weighted by Gasteiger charge is 2.18. The van der Waals surface area contributed by atoms with Gasteiger partial charge in [-0.05, 0) is 63.5 Å². The van der Waals surface area contributed by atoms with Gasteiger partial charge in [0.15, 0.2) is 0 Å². The molecular weight excluding hydrogens is 220 g/mol. The third-order valence-electron chi connectivity index (χ3n) is 3.46. The van der Waals surface area contributed by atoms with E-state index in [0.717, 1.165) is 12.5 Å². The molecule has 1 aromatic carbocycles. The lowest BCUT2D eigenvalue weighted by atomic mass is 9.89. The van der Waals surface area contributed by atoms with E-state index in [1.165, 1.54) is 37.2 Å². The monoisotopic (exact) mass is 248 g/mol. The van der Waals surface area contributed by atoms with Crippen LogP contribution in [0.25, 0.3) is 0 Å². The average molecular weight is 248 g/mol. The number of rotatable bonds is 3.